The highest BCUT2D eigenvalue weighted by atomic mass is 19.1. The average molecular weight is 320 g/mol. The Bertz CT molecular complexity index is 891. The van der Waals surface area contributed by atoms with Gasteiger partial charge in [-0.05, 0) is 43.7 Å². The van der Waals surface area contributed by atoms with Crippen molar-refractivity contribution in [2.24, 2.45) is 0 Å². The monoisotopic (exact) mass is 320 g/mol. The zero-order chi connectivity index (χ0) is 17.1. The van der Waals surface area contributed by atoms with Crippen LogP contribution in [0.25, 0.3) is 11.3 Å². The fourth-order valence-electron chi connectivity index (χ4n) is 2.48. The van der Waals surface area contributed by atoms with E-state index in [1.165, 1.54) is 6.07 Å². The molecular weight excluding hydrogens is 303 g/mol. The van der Waals surface area contributed by atoms with Crippen molar-refractivity contribution in [3.8, 4) is 11.3 Å². The van der Waals surface area contributed by atoms with Crippen LogP contribution in [0.2, 0.25) is 0 Å². The van der Waals surface area contributed by atoms with Gasteiger partial charge in [0, 0.05) is 5.56 Å². The van der Waals surface area contributed by atoms with Gasteiger partial charge in [-0.25, -0.2) is 4.39 Å². The highest BCUT2D eigenvalue weighted by Gasteiger charge is 2.13. The molecule has 0 saturated heterocycles. The Balaban J connectivity index is 1.85. The summed E-state index contributed by atoms with van der Waals surface area (Å²) < 4.78 is 13.9. The molecule has 0 spiro atoms. The number of pyridine rings is 1. The summed E-state index contributed by atoms with van der Waals surface area (Å²) in [5.74, 6) is -0.822. The Morgan fingerprint density at radius 1 is 1.00 bits per heavy atom. The lowest BCUT2D eigenvalue weighted by atomic mass is 10.1. The van der Waals surface area contributed by atoms with Crippen molar-refractivity contribution in [3.63, 3.8) is 0 Å². The SMILES string of the molecule is Cc1ccc(NC(=O)c2ccc(-c3ccccc3)nc2C)c(F)c1. The van der Waals surface area contributed by atoms with Gasteiger partial charge in [-0.2, -0.15) is 0 Å². The maximum absolute atomic E-state index is 13.9. The number of aryl methyl sites for hydroxylation is 2. The van der Waals surface area contributed by atoms with Crippen molar-refractivity contribution < 1.29 is 9.18 Å². The summed E-state index contributed by atoms with van der Waals surface area (Å²) in [5.41, 5.74) is 3.77. The number of aromatic nitrogens is 1. The van der Waals surface area contributed by atoms with Crippen LogP contribution >= 0.6 is 0 Å². The Hall–Kier alpha value is -3.01. The lowest BCUT2D eigenvalue weighted by Gasteiger charge is -2.10. The molecule has 3 rings (SSSR count). The summed E-state index contributed by atoms with van der Waals surface area (Å²) in [7, 11) is 0. The van der Waals surface area contributed by atoms with E-state index in [1.54, 1.807) is 38.1 Å². The first kappa shape index (κ1) is 15.9. The van der Waals surface area contributed by atoms with Gasteiger partial charge in [-0.1, -0.05) is 36.4 Å². The summed E-state index contributed by atoms with van der Waals surface area (Å²) in [6.07, 6.45) is 0. The van der Waals surface area contributed by atoms with E-state index in [0.717, 1.165) is 16.8 Å². The average Bonchev–Trinajstić information content (AvgIpc) is 2.58. The van der Waals surface area contributed by atoms with Crippen molar-refractivity contribution in [1.29, 1.82) is 0 Å². The molecule has 3 aromatic rings. The molecule has 0 bridgehead atoms. The standard InChI is InChI=1S/C20H17FN2O/c1-13-8-10-19(17(21)12-13)23-20(24)16-9-11-18(22-14(16)2)15-6-4-3-5-7-15/h3-12H,1-2H3,(H,23,24). The largest absolute Gasteiger partial charge is 0.319 e. The van der Waals surface area contributed by atoms with E-state index in [9.17, 15) is 9.18 Å². The molecule has 2 aromatic carbocycles. The minimum atomic E-state index is -0.449. The Morgan fingerprint density at radius 2 is 1.75 bits per heavy atom. The molecule has 1 N–H and O–H groups in total. The van der Waals surface area contributed by atoms with E-state index in [2.05, 4.69) is 10.3 Å². The van der Waals surface area contributed by atoms with Gasteiger partial charge in [0.15, 0.2) is 0 Å². The van der Waals surface area contributed by atoms with E-state index < -0.39 is 5.82 Å². The minimum Gasteiger partial charge on any atom is -0.319 e. The maximum atomic E-state index is 13.9. The van der Waals surface area contributed by atoms with E-state index in [1.807, 2.05) is 30.3 Å². The number of carbonyl (C=O) groups is 1. The zero-order valence-electron chi connectivity index (χ0n) is 13.5. The molecule has 0 unspecified atom stereocenters. The fraction of sp³-hybridized carbons (Fsp3) is 0.100. The van der Waals surface area contributed by atoms with Crippen LogP contribution in [-0.4, -0.2) is 10.9 Å². The number of anilines is 1. The summed E-state index contributed by atoms with van der Waals surface area (Å²) >= 11 is 0. The Labute approximate surface area is 140 Å². The van der Waals surface area contributed by atoms with Crippen molar-refractivity contribution in [2.45, 2.75) is 13.8 Å². The smallest absolute Gasteiger partial charge is 0.257 e. The van der Waals surface area contributed by atoms with Gasteiger partial charge >= 0.3 is 0 Å². The van der Waals surface area contributed by atoms with Crippen molar-refractivity contribution in [1.82, 2.24) is 4.98 Å². The Morgan fingerprint density at radius 3 is 2.42 bits per heavy atom. The molecule has 4 heteroatoms. The molecule has 0 aliphatic rings. The molecule has 1 heterocycles. The number of hydrogen-bond acceptors (Lipinski definition) is 2. The number of halogens is 1. The first-order chi connectivity index (χ1) is 11.5. The van der Waals surface area contributed by atoms with E-state index in [-0.39, 0.29) is 11.6 Å². The van der Waals surface area contributed by atoms with Crippen LogP contribution in [0.3, 0.4) is 0 Å². The number of amides is 1. The number of nitrogens with one attached hydrogen (secondary N) is 1. The van der Waals surface area contributed by atoms with Gasteiger partial charge in [-0.15, -0.1) is 0 Å². The van der Waals surface area contributed by atoms with Crippen LogP contribution in [0.1, 0.15) is 21.6 Å². The molecule has 1 aromatic heterocycles. The van der Waals surface area contributed by atoms with Crippen molar-refractivity contribution >= 4 is 11.6 Å². The third-order valence-electron chi connectivity index (χ3n) is 3.77. The van der Waals surface area contributed by atoms with Crippen LogP contribution in [0.5, 0.6) is 0 Å². The fourth-order valence-corrected chi connectivity index (χ4v) is 2.48. The van der Waals surface area contributed by atoms with Crippen molar-refractivity contribution in [3.05, 3.63) is 83.3 Å². The second kappa shape index (κ2) is 6.62. The molecule has 24 heavy (non-hydrogen) atoms. The lowest BCUT2D eigenvalue weighted by Crippen LogP contribution is -2.15. The summed E-state index contributed by atoms with van der Waals surface area (Å²) in [5, 5.41) is 2.60. The second-order valence-corrected chi connectivity index (χ2v) is 5.63. The van der Waals surface area contributed by atoms with Gasteiger partial charge in [0.05, 0.1) is 22.6 Å². The van der Waals surface area contributed by atoms with E-state index in [4.69, 9.17) is 0 Å². The van der Waals surface area contributed by atoms with Gasteiger partial charge in [0.1, 0.15) is 5.82 Å². The predicted molar refractivity (Wildman–Crippen MR) is 93.5 cm³/mol. The number of hydrogen-bond donors (Lipinski definition) is 1. The van der Waals surface area contributed by atoms with E-state index >= 15 is 0 Å². The molecule has 0 aliphatic heterocycles. The van der Waals surface area contributed by atoms with Crippen LogP contribution < -0.4 is 5.32 Å². The molecule has 120 valence electrons. The van der Waals surface area contributed by atoms with Gasteiger partial charge in [0.2, 0.25) is 0 Å². The molecule has 3 nitrogen and oxygen atoms in total. The normalized spacial score (nSPS) is 10.5. The maximum Gasteiger partial charge on any atom is 0.257 e. The third kappa shape index (κ3) is 3.33. The number of carbonyl (C=O) groups excluding carboxylic acids is 1. The molecule has 0 atom stereocenters. The molecule has 0 saturated carbocycles. The Kier molecular flexibility index (Phi) is 4.38. The molecule has 1 amide bonds. The highest BCUT2D eigenvalue weighted by molar-refractivity contribution is 6.05. The summed E-state index contributed by atoms with van der Waals surface area (Å²) in [6, 6.07) is 17.9. The quantitative estimate of drug-likeness (QED) is 0.756. The minimum absolute atomic E-state index is 0.164. The van der Waals surface area contributed by atoms with Crippen LogP contribution in [-0.2, 0) is 0 Å². The summed E-state index contributed by atoms with van der Waals surface area (Å²) in [4.78, 5) is 16.9. The van der Waals surface area contributed by atoms with Crippen LogP contribution in [0.15, 0.2) is 60.7 Å². The number of rotatable bonds is 3. The summed E-state index contributed by atoms with van der Waals surface area (Å²) in [6.45, 7) is 3.57. The van der Waals surface area contributed by atoms with Gasteiger partial charge in [0.25, 0.3) is 5.91 Å². The van der Waals surface area contributed by atoms with E-state index in [0.29, 0.717) is 11.3 Å². The predicted octanol–water partition coefficient (Wildman–Crippen LogP) is 4.76. The first-order valence-electron chi connectivity index (χ1n) is 7.65. The first-order valence-corrected chi connectivity index (χ1v) is 7.65. The molecule has 0 radical (unpaired) electrons. The van der Waals surface area contributed by atoms with Crippen LogP contribution in [0, 0.1) is 19.7 Å². The zero-order valence-corrected chi connectivity index (χ0v) is 13.5. The van der Waals surface area contributed by atoms with Crippen molar-refractivity contribution in [2.75, 3.05) is 5.32 Å². The molecular formula is C20H17FN2O. The number of benzene rings is 2. The van der Waals surface area contributed by atoms with Gasteiger partial charge in [-0.3, -0.25) is 9.78 Å². The second-order valence-electron chi connectivity index (χ2n) is 5.63. The topological polar surface area (TPSA) is 42.0 Å². The third-order valence-corrected chi connectivity index (χ3v) is 3.77. The number of nitrogens with zero attached hydrogens (tertiary/aromatic N) is 1. The van der Waals surface area contributed by atoms with Crippen LogP contribution in [0.4, 0.5) is 10.1 Å². The lowest BCUT2D eigenvalue weighted by molar-refractivity contribution is 0.102. The van der Waals surface area contributed by atoms with Gasteiger partial charge < -0.3 is 5.32 Å². The highest BCUT2D eigenvalue weighted by Crippen LogP contribution is 2.20. The molecule has 0 aliphatic carbocycles. The molecule has 0 fully saturated rings.